The summed E-state index contributed by atoms with van der Waals surface area (Å²) in [5.41, 5.74) is 7.97. The van der Waals surface area contributed by atoms with Crippen LogP contribution in [0.15, 0.2) is 43.1 Å². The van der Waals surface area contributed by atoms with E-state index in [2.05, 4.69) is 70.4 Å². The normalized spacial score (nSPS) is 23.6. The molecule has 2 fully saturated rings. The van der Waals surface area contributed by atoms with Crippen molar-refractivity contribution in [1.82, 2.24) is 20.2 Å². The maximum atomic E-state index is 12.1. The number of nitrogens with one attached hydrogen (secondary N) is 3. The maximum absolute atomic E-state index is 12.1. The van der Waals surface area contributed by atoms with E-state index in [9.17, 15) is 9.59 Å². The molecule has 1 aromatic carbocycles. The van der Waals surface area contributed by atoms with Crippen molar-refractivity contribution in [1.29, 1.82) is 0 Å². The first kappa shape index (κ1) is 26.6. The Morgan fingerprint density at radius 3 is 2.49 bits per heavy atom. The summed E-state index contributed by atoms with van der Waals surface area (Å²) in [5, 5.41) is 9.73. The van der Waals surface area contributed by atoms with E-state index in [-0.39, 0.29) is 35.0 Å². The molecule has 2 aromatic rings. The van der Waals surface area contributed by atoms with Gasteiger partial charge in [-0.15, -0.1) is 0 Å². The van der Waals surface area contributed by atoms with Gasteiger partial charge in [-0.1, -0.05) is 32.6 Å². The smallest absolute Gasteiger partial charge is 0.271 e. The molecule has 37 heavy (non-hydrogen) atoms. The Morgan fingerprint density at radius 1 is 1.16 bits per heavy atom. The molecule has 4 rings (SSSR count). The average Bonchev–Trinajstić information content (AvgIpc) is 2.88. The van der Waals surface area contributed by atoms with E-state index < -0.39 is 5.91 Å². The number of primary amides is 1. The minimum Gasteiger partial charge on any atom is -0.366 e. The molecule has 9 heteroatoms. The molecule has 0 radical (unpaired) electrons. The third kappa shape index (κ3) is 6.28. The molecule has 1 aliphatic carbocycles. The molecule has 1 saturated heterocycles. The number of rotatable bonds is 8. The summed E-state index contributed by atoms with van der Waals surface area (Å²) in [6, 6.07) is 8.48. The molecule has 1 aliphatic heterocycles. The largest absolute Gasteiger partial charge is 0.366 e. The van der Waals surface area contributed by atoms with Gasteiger partial charge in [0.2, 0.25) is 5.91 Å². The van der Waals surface area contributed by atoms with Gasteiger partial charge in [-0.25, -0.2) is 9.97 Å². The van der Waals surface area contributed by atoms with E-state index in [0.717, 1.165) is 50.9 Å². The minimum atomic E-state index is -0.643. The molecule has 1 saturated carbocycles. The van der Waals surface area contributed by atoms with Crippen LogP contribution in [0.1, 0.15) is 62.0 Å². The minimum absolute atomic E-state index is 0.0529. The van der Waals surface area contributed by atoms with E-state index in [1.807, 2.05) is 12.1 Å². The number of carbonyl (C=O) groups excluding carboxylic acids is 2. The van der Waals surface area contributed by atoms with Gasteiger partial charge in [-0.3, -0.25) is 9.59 Å². The van der Waals surface area contributed by atoms with Crippen molar-refractivity contribution in [3.05, 3.63) is 54.4 Å². The Balaban J connectivity index is 1.49. The Bertz CT molecular complexity index is 1130. The molecule has 0 bridgehead atoms. The molecular weight excluding hydrogens is 466 g/mol. The van der Waals surface area contributed by atoms with Crippen LogP contribution < -0.4 is 21.7 Å². The van der Waals surface area contributed by atoms with Gasteiger partial charge in [0.05, 0.1) is 6.20 Å². The standard InChI is InChI=1S/C28H39N7O2/c1-5-24(36)33-22-8-6-7-21(18(22)2)32-23-17-30-25(26(29)37)27(34-23)31-20-11-9-19(10-12-20)28(3)13-15-35(4)16-14-28/h5,9-12,17-18,21-22H,1,6-8,13-16H2,2-4H3,(H2,29,37)(H,33,36)(H2,31,32,34)/t18-,21-,22?/m1/s1. The molecule has 198 valence electrons. The SMILES string of the molecule is C=CC(=O)NC1CCC[C@@H](Nc2cnc(C(N)=O)c(Nc3ccc(C4(C)CCN(C)CC4)cc3)n2)[C@H]1C. The number of piperidine rings is 1. The zero-order valence-corrected chi connectivity index (χ0v) is 22.1. The van der Waals surface area contributed by atoms with Gasteiger partial charge in [0.15, 0.2) is 11.5 Å². The van der Waals surface area contributed by atoms with Crippen LogP contribution in [0.5, 0.6) is 0 Å². The van der Waals surface area contributed by atoms with Crippen LogP contribution >= 0.6 is 0 Å². The van der Waals surface area contributed by atoms with Crippen LogP contribution in [0.2, 0.25) is 0 Å². The van der Waals surface area contributed by atoms with E-state index in [1.165, 1.54) is 17.8 Å². The summed E-state index contributed by atoms with van der Waals surface area (Å²) in [5.74, 6) is 0.243. The summed E-state index contributed by atoms with van der Waals surface area (Å²) in [6.07, 6.45) is 7.93. The second-order valence-corrected chi connectivity index (χ2v) is 10.7. The van der Waals surface area contributed by atoms with E-state index in [4.69, 9.17) is 5.73 Å². The van der Waals surface area contributed by atoms with Gasteiger partial charge in [-0.05, 0) is 87.3 Å². The predicted molar refractivity (Wildman–Crippen MR) is 147 cm³/mol. The lowest BCUT2D eigenvalue weighted by Crippen LogP contribution is -2.48. The molecule has 9 nitrogen and oxygen atoms in total. The van der Waals surface area contributed by atoms with Gasteiger partial charge in [-0.2, -0.15) is 0 Å². The molecule has 5 N–H and O–H groups in total. The Hall–Kier alpha value is -3.46. The van der Waals surface area contributed by atoms with E-state index in [1.54, 1.807) is 0 Å². The fourth-order valence-corrected chi connectivity index (χ4v) is 5.42. The number of likely N-dealkylation sites (tertiary alicyclic amines) is 1. The highest BCUT2D eigenvalue weighted by atomic mass is 16.2. The van der Waals surface area contributed by atoms with Crippen molar-refractivity contribution in [3.8, 4) is 0 Å². The van der Waals surface area contributed by atoms with E-state index >= 15 is 0 Å². The molecular formula is C28H39N7O2. The van der Waals surface area contributed by atoms with Crippen molar-refractivity contribution in [2.45, 2.75) is 63.5 Å². The van der Waals surface area contributed by atoms with Gasteiger partial charge >= 0.3 is 0 Å². The van der Waals surface area contributed by atoms with Crippen LogP contribution in [-0.2, 0) is 10.2 Å². The summed E-state index contributed by atoms with van der Waals surface area (Å²) < 4.78 is 0. The number of hydrogen-bond donors (Lipinski definition) is 4. The van der Waals surface area contributed by atoms with Gasteiger partial charge in [0, 0.05) is 17.8 Å². The summed E-state index contributed by atoms with van der Waals surface area (Å²) in [6.45, 7) is 10.2. The monoisotopic (exact) mass is 505 g/mol. The Morgan fingerprint density at radius 2 is 1.84 bits per heavy atom. The van der Waals surface area contributed by atoms with Gasteiger partial charge < -0.3 is 26.6 Å². The molecule has 1 unspecified atom stereocenters. The molecule has 1 aromatic heterocycles. The second-order valence-electron chi connectivity index (χ2n) is 10.7. The fraction of sp³-hybridized carbons (Fsp3) is 0.500. The summed E-state index contributed by atoms with van der Waals surface area (Å²) in [4.78, 5) is 35.2. The number of aromatic nitrogens is 2. The second kappa shape index (κ2) is 11.3. The number of amides is 2. The lowest BCUT2D eigenvalue weighted by atomic mass is 9.74. The fourth-order valence-electron chi connectivity index (χ4n) is 5.42. The average molecular weight is 506 g/mol. The van der Waals surface area contributed by atoms with Gasteiger partial charge in [0.1, 0.15) is 5.82 Å². The lowest BCUT2D eigenvalue weighted by molar-refractivity contribution is -0.117. The van der Waals surface area contributed by atoms with Gasteiger partial charge in [0.25, 0.3) is 5.91 Å². The molecule has 3 atom stereocenters. The third-order valence-corrected chi connectivity index (χ3v) is 8.09. The Labute approximate surface area is 219 Å². The molecule has 2 heterocycles. The highest BCUT2D eigenvalue weighted by molar-refractivity contribution is 5.96. The quantitative estimate of drug-likeness (QED) is 0.404. The number of benzene rings is 1. The number of nitrogens with zero attached hydrogens (tertiary/aromatic N) is 3. The van der Waals surface area contributed by atoms with Crippen LogP contribution in [0, 0.1) is 5.92 Å². The van der Waals surface area contributed by atoms with Crippen molar-refractivity contribution in [2.24, 2.45) is 11.7 Å². The number of hydrogen-bond acceptors (Lipinski definition) is 7. The number of carbonyl (C=O) groups is 2. The van der Waals surface area contributed by atoms with Crippen LogP contribution in [0.4, 0.5) is 17.3 Å². The maximum Gasteiger partial charge on any atom is 0.271 e. The van der Waals surface area contributed by atoms with E-state index in [0.29, 0.717) is 11.6 Å². The Kier molecular flexibility index (Phi) is 8.12. The van der Waals surface area contributed by atoms with Crippen molar-refractivity contribution in [3.63, 3.8) is 0 Å². The molecule has 2 amide bonds. The van der Waals surface area contributed by atoms with Crippen molar-refractivity contribution < 1.29 is 9.59 Å². The first-order valence-corrected chi connectivity index (χ1v) is 13.1. The third-order valence-electron chi connectivity index (χ3n) is 8.09. The molecule has 0 spiro atoms. The molecule has 2 aliphatic rings. The van der Waals surface area contributed by atoms with Crippen LogP contribution in [0.3, 0.4) is 0 Å². The van der Waals surface area contributed by atoms with Crippen LogP contribution in [0.25, 0.3) is 0 Å². The van der Waals surface area contributed by atoms with Crippen molar-refractivity contribution >= 4 is 29.1 Å². The summed E-state index contributed by atoms with van der Waals surface area (Å²) >= 11 is 0. The zero-order chi connectivity index (χ0) is 26.6. The number of anilines is 3. The topological polar surface area (TPSA) is 125 Å². The van der Waals surface area contributed by atoms with Crippen molar-refractivity contribution in [2.75, 3.05) is 30.8 Å². The predicted octanol–water partition coefficient (Wildman–Crippen LogP) is 3.57. The first-order chi connectivity index (χ1) is 17.7. The highest BCUT2D eigenvalue weighted by Crippen LogP contribution is 2.35. The zero-order valence-electron chi connectivity index (χ0n) is 22.1. The first-order valence-electron chi connectivity index (χ1n) is 13.1. The lowest BCUT2D eigenvalue weighted by Gasteiger charge is -2.38. The highest BCUT2D eigenvalue weighted by Gasteiger charge is 2.32. The van der Waals surface area contributed by atoms with Crippen LogP contribution in [-0.4, -0.2) is 58.9 Å². The summed E-state index contributed by atoms with van der Waals surface area (Å²) in [7, 11) is 2.17. The number of nitrogens with two attached hydrogens (primary N) is 1.